The van der Waals surface area contributed by atoms with Crippen molar-refractivity contribution in [2.75, 3.05) is 38.7 Å². The number of nitriles is 1. The minimum Gasteiger partial charge on any atom is -0.305 e. The molecule has 0 bridgehead atoms. The van der Waals surface area contributed by atoms with Crippen LogP contribution < -0.4 is 5.32 Å². The van der Waals surface area contributed by atoms with Crippen LogP contribution in [0.5, 0.6) is 0 Å². The molecule has 0 amide bonds. The van der Waals surface area contributed by atoms with E-state index in [0.29, 0.717) is 12.5 Å². The van der Waals surface area contributed by atoms with E-state index in [9.17, 15) is 13.7 Å². The molecule has 2 unspecified atom stereocenters. The molecule has 5 nitrogen and oxygen atoms in total. The van der Waals surface area contributed by atoms with Crippen LogP contribution in [0.2, 0.25) is 0 Å². The molecule has 1 aliphatic carbocycles. The number of rotatable bonds is 8. The van der Waals surface area contributed by atoms with Crippen molar-refractivity contribution in [3.05, 3.63) is 0 Å². The van der Waals surface area contributed by atoms with Gasteiger partial charge in [0.05, 0.1) is 11.8 Å². The summed E-state index contributed by atoms with van der Waals surface area (Å²) in [7, 11) is -0.953. The van der Waals surface area contributed by atoms with E-state index in [0.717, 1.165) is 38.8 Å². The van der Waals surface area contributed by atoms with Crippen molar-refractivity contribution in [3.63, 3.8) is 0 Å². The number of hydrogen-bond donors (Lipinski definition) is 1. The van der Waals surface area contributed by atoms with Gasteiger partial charge in [-0.25, -0.2) is 8.42 Å². The minimum atomic E-state index is -2.90. The van der Waals surface area contributed by atoms with Crippen molar-refractivity contribution in [1.82, 2.24) is 10.2 Å². The van der Waals surface area contributed by atoms with Crippen LogP contribution in [0.3, 0.4) is 0 Å². The summed E-state index contributed by atoms with van der Waals surface area (Å²) in [6.45, 7) is 4.25. The fourth-order valence-electron chi connectivity index (χ4n) is 3.01. The Balaban J connectivity index is 2.46. The Morgan fingerprint density at radius 2 is 2.15 bits per heavy atom. The average Bonchev–Trinajstić information content (AvgIpc) is 2.77. The molecule has 0 aromatic heterocycles. The first-order valence-electron chi connectivity index (χ1n) is 7.35. The molecule has 1 aliphatic rings. The monoisotopic (exact) mass is 301 g/mol. The standard InChI is InChI=1S/C14H27N3O2S/c1-4-16-14(12-15)8-5-6-13(14)7-9-17(2)10-11-20(3,18)19/h13,16H,4-11H2,1-3H3. The lowest BCUT2D eigenvalue weighted by Gasteiger charge is -2.30. The van der Waals surface area contributed by atoms with E-state index in [4.69, 9.17) is 0 Å². The Labute approximate surface area is 123 Å². The van der Waals surface area contributed by atoms with Gasteiger partial charge in [0.25, 0.3) is 0 Å². The summed E-state index contributed by atoms with van der Waals surface area (Å²) in [5, 5.41) is 12.9. The third-order valence-corrected chi connectivity index (χ3v) is 5.14. The maximum atomic E-state index is 11.2. The fraction of sp³-hybridized carbons (Fsp3) is 0.929. The molecule has 0 aromatic rings. The highest BCUT2D eigenvalue weighted by Gasteiger charge is 2.42. The molecule has 116 valence electrons. The molecule has 20 heavy (non-hydrogen) atoms. The summed E-state index contributed by atoms with van der Waals surface area (Å²) < 4.78 is 22.3. The van der Waals surface area contributed by atoms with Gasteiger partial charge in [0.1, 0.15) is 15.4 Å². The predicted molar refractivity (Wildman–Crippen MR) is 81.2 cm³/mol. The van der Waals surface area contributed by atoms with Crippen molar-refractivity contribution in [2.24, 2.45) is 5.92 Å². The fourth-order valence-corrected chi connectivity index (χ4v) is 3.66. The SMILES string of the molecule is CCNC1(C#N)CCCC1CCN(C)CCS(C)(=O)=O. The smallest absolute Gasteiger partial charge is 0.148 e. The minimum absolute atomic E-state index is 0.199. The van der Waals surface area contributed by atoms with E-state index >= 15 is 0 Å². The predicted octanol–water partition coefficient (Wildman–Crippen LogP) is 1.02. The number of nitrogens with zero attached hydrogens (tertiary/aromatic N) is 2. The third kappa shape index (κ3) is 5.04. The molecular formula is C14H27N3O2S. The first-order chi connectivity index (χ1) is 9.33. The summed E-state index contributed by atoms with van der Waals surface area (Å²) in [6.07, 6.45) is 5.32. The Morgan fingerprint density at radius 3 is 2.70 bits per heavy atom. The zero-order valence-electron chi connectivity index (χ0n) is 12.9. The summed E-state index contributed by atoms with van der Waals surface area (Å²) in [6, 6.07) is 2.48. The van der Waals surface area contributed by atoms with Crippen molar-refractivity contribution < 1.29 is 8.42 Å². The summed E-state index contributed by atoms with van der Waals surface area (Å²) in [4.78, 5) is 2.05. The van der Waals surface area contributed by atoms with Gasteiger partial charge in [-0.05, 0) is 45.3 Å². The first-order valence-corrected chi connectivity index (χ1v) is 9.41. The summed E-state index contributed by atoms with van der Waals surface area (Å²) in [5.41, 5.74) is -0.369. The highest BCUT2D eigenvalue weighted by Crippen LogP contribution is 2.37. The average molecular weight is 301 g/mol. The molecule has 1 saturated carbocycles. The Hall–Kier alpha value is -0.640. The van der Waals surface area contributed by atoms with Gasteiger partial charge in [-0.2, -0.15) is 5.26 Å². The van der Waals surface area contributed by atoms with E-state index in [1.807, 2.05) is 18.9 Å². The van der Waals surface area contributed by atoms with E-state index in [1.165, 1.54) is 6.26 Å². The van der Waals surface area contributed by atoms with Crippen LogP contribution in [-0.2, 0) is 9.84 Å². The topological polar surface area (TPSA) is 73.2 Å². The number of sulfone groups is 1. The lowest BCUT2D eigenvalue weighted by molar-refractivity contribution is 0.257. The van der Waals surface area contributed by atoms with E-state index < -0.39 is 9.84 Å². The maximum absolute atomic E-state index is 11.2. The van der Waals surface area contributed by atoms with Gasteiger partial charge in [0, 0.05) is 12.8 Å². The number of hydrogen-bond acceptors (Lipinski definition) is 5. The highest BCUT2D eigenvalue weighted by atomic mass is 32.2. The van der Waals surface area contributed by atoms with Crippen LogP contribution in [0.1, 0.15) is 32.6 Å². The molecule has 1 N–H and O–H groups in total. The van der Waals surface area contributed by atoms with Crippen molar-refractivity contribution in [3.8, 4) is 6.07 Å². The second-order valence-corrected chi connectivity index (χ2v) is 8.18. The van der Waals surface area contributed by atoms with E-state index in [-0.39, 0.29) is 11.3 Å². The molecular weight excluding hydrogens is 274 g/mol. The molecule has 2 atom stereocenters. The van der Waals surface area contributed by atoms with Gasteiger partial charge >= 0.3 is 0 Å². The maximum Gasteiger partial charge on any atom is 0.148 e. The van der Waals surface area contributed by atoms with Crippen molar-refractivity contribution >= 4 is 9.84 Å². The Morgan fingerprint density at radius 1 is 1.45 bits per heavy atom. The van der Waals surface area contributed by atoms with Crippen molar-refractivity contribution in [2.45, 2.75) is 38.1 Å². The second kappa shape index (κ2) is 7.39. The molecule has 6 heteroatoms. The van der Waals surface area contributed by atoms with Gasteiger partial charge in [0.15, 0.2) is 0 Å². The van der Waals surface area contributed by atoms with Crippen LogP contribution in [0.4, 0.5) is 0 Å². The Bertz CT molecular complexity index is 444. The van der Waals surface area contributed by atoms with Gasteiger partial charge in [0.2, 0.25) is 0 Å². The molecule has 1 fully saturated rings. The lowest BCUT2D eigenvalue weighted by atomic mass is 9.85. The summed E-state index contributed by atoms with van der Waals surface area (Å²) >= 11 is 0. The first kappa shape index (κ1) is 17.4. The summed E-state index contributed by atoms with van der Waals surface area (Å²) in [5.74, 6) is 0.568. The van der Waals surface area contributed by atoms with Gasteiger partial charge in [-0.15, -0.1) is 0 Å². The molecule has 0 saturated heterocycles. The normalized spacial score (nSPS) is 26.9. The largest absolute Gasteiger partial charge is 0.305 e. The second-order valence-electron chi connectivity index (χ2n) is 5.92. The van der Waals surface area contributed by atoms with Gasteiger partial charge in [-0.1, -0.05) is 13.3 Å². The van der Waals surface area contributed by atoms with Crippen LogP contribution in [0.25, 0.3) is 0 Å². The highest BCUT2D eigenvalue weighted by molar-refractivity contribution is 7.90. The van der Waals surface area contributed by atoms with Gasteiger partial charge < -0.3 is 4.90 Å². The molecule has 0 heterocycles. The third-order valence-electron chi connectivity index (χ3n) is 4.22. The van der Waals surface area contributed by atoms with Crippen molar-refractivity contribution in [1.29, 1.82) is 5.26 Å². The van der Waals surface area contributed by atoms with Crippen LogP contribution in [0.15, 0.2) is 0 Å². The zero-order chi connectivity index (χ0) is 15.2. The molecule has 0 spiro atoms. The van der Waals surface area contributed by atoms with Crippen LogP contribution >= 0.6 is 0 Å². The molecule has 1 rings (SSSR count). The Kier molecular flexibility index (Phi) is 6.44. The van der Waals surface area contributed by atoms with E-state index in [1.54, 1.807) is 0 Å². The van der Waals surface area contributed by atoms with Gasteiger partial charge in [-0.3, -0.25) is 5.32 Å². The van der Waals surface area contributed by atoms with E-state index in [2.05, 4.69) is 11.4 Å². The molecule has 0 radical (unpaired) electrons. The zero-order valence-corrected chi connectivity index (χ0v) is 13.7. The quantitative estimate of drug-likeness (QED) is 0.725. The lowest BCUT2D eigenvalue weighted by Crippen LogP contribution is -2.47. The van der Waals surface area contributed by atoms with Crippen LogP contribution in [-0.4, -0.2) is 57.5 Å². The molecule has 0 aromatic carbocycles. The van der Waals surface area contributed by atoms with Crippen LogP contribution in [0, 0.1) is 17.2 Å². The number of nitrogens with one attached hydrogen (secondary N) is 1. The molecule has 0 aliphatic heterocycles.